The van der Waals surface area contributed by atoms with E-state index in [1.807, 2.05) is 0 Å². The van der Waals surface area contributed by atoms with Crippen LogP contribution in [0.3, 0.4) is 0 Å². The number of sulfonamides is 1. The molecular formula is C13H17N3O3S. The zero-order valence-electron chi connectivity index (χ0n) is 11.4. The number of nitrogens with one attached hydrogen (secondary N) is 1. The van der Waals surface area contributed by atoms with Gasteiger partial charge in [0.1, 0.15) is 11.6 Å². The smallest absolute Gasteiger partial charge is 0.259 e. The van der Waals surface area contributed by atoms with E-state index in [0.717, 1.165) is 5.56 Å². The molecule has 1 aromatic carbocycles. The van der Waals surface area contributed by atoms with E-state index in [0.29, 0.717) is 12.2 Å². The van der Waals surface area contributed by atoms with Crippen LogP contribution in [0.15, 0.2) is 35.5 Å². The average Bonchev–Trinajstić information content (AvgIpc) is 2.73. The van der Waals surface area contributed by atoms with Gasteiger partial charge in [0.2, 0.25) is 0 Å². The normalized spacial score (nSPS) is 11.7. The summed E-state index contributed by atoms with van der Waals surface area (Å²) in [4.78, 5) is 4.00. The molecule has 0 amide bonds. The number of rotatable bonds is 5. The van der Waals surface area contributed by atoms with Crippen molar-refractivity contribution in [3.8, 4) is 5.75 Å². The van der Waals surface area contributed by atoms with Crippen LogP contribution in [0.5, 0.6) is 5.75 Å². The van der Waals surface area contributed by atoms with Gasteiger partial charge in [0.05, 0.1) is 0 Å². The molecule has 108 valence electrons. The van der Waals surface area contributed by atoms with Crippen LogP contribution in [0.4, 0.5) is 0 Å². The van der Waals surface area contributed by atoms with E-state index in [2.05, 4.69) is 9.71 Å². The summed E-state index contributed by atoms with van der Waals surface area (Å²) >= 11 is 0. The van der Waals surface area contributed by atoms with Crippen LogP contribution in [0.25, 0.3) is 0 Å². The van der Waals surface area contributed by atoms with Crippen LogP contribution in [0, 0.1) is 6.92 Å². The number of phenols is 1. The molecule has 1 heterocycles. The molecule has 1 aromatic heterocycles. The number of aryl methyl sites for hydroxylation is 2. The van der Waals surface area contributed by atoms with E-state index >= 15 is 0 Å². The first-order valence-corrected chi connectivity index (χ1v) is 7.64. The van der Waals surface area contributed by atoms with Gasteiger partial charge in [0, 0.05) is 19.8 Å². The molecule has 0 radical (unpaired) electrons. The summed E-state index contributed by atoms with van der Waals surface area (Å²) in [5.74, 6) is 0.835. The molecule has 0 aliphatic heterocycles. The van der Waals surface area contributed by atoms with Gasteiger partial charge in [0.15, 0.2) is 5.03 Å². The highest BCUT2D eigenvalue weighted by Crippen LogP contribution is 2.10. The fraction of sp³-hybridized carbons (Fsp3) is 0.308. The molecule has 20 heavy (non-hydrogen) atoms. The summed E-state index contributed by atoms with van der Waals surface area (Å²) in [7, 11) is -1.82. The van der Waals surface area contributed by atoms with E-state index in [1.165, 1.54) is 6.20 Å². The van der Waals surface area contributed by atoms with Crippen molar-refractivity contribution in [3.05, 3.63) is 41.9 Å². The van der Waals surface area contributed by atoms with Crippen LogP contribution >= 0.6 is 0 Å². The minimum Gasteiger partial charge on any atom is -0.508 e. The minimum atomic E-state index is -3.57. The largest absolute Gasteiger partial charge is 0.508 e. The molecule has 0 saturated heterocycles. The number of aromatic hydroxyl groups is 1. The van der Waals surface area contributed by atoms with Gasteiger partial charge in [-0.15, -0.1) is 0 Å². The zero-order chi connectivity index (χ0) is 14.8. The zero-order valence-corrected chi connectivity index (χ0v) is 12.2. The number of hydrogen-bond acceptors (Lipinski definition) is 4. The summed E-state index contributed by atoms with van der Waals surface area (Å²) in [6.07, 6.45) is 2.03. The van der Waals surface area contributed by atoms with Gasteiger partial charge in [-0.05, 0) is 31.0 Å². The molecule has 0 unspecified atom stereocenters. The molecule has 0 spiro atoms. The highest BCUT2D eigenvalue weighted by molar-refractivity contribution is 7.89. The first-order chi connectivity index (χ1) is 9.38. The highest BCUT2D eigenvalue weighted by atomic mass is 32.2. The molecule has 7 heteroatoms. The summed E-state index contributed by atoms with van der Waals surface area (Å²) in [5.41, 5.74) is 0.947. The van der Waals surface area contributed by atoms with E-state index in [9.17, 15) is 8.42 Å². The molecule has 2 aromatic rings. The lowest BCUT2D eigenvalue weighted by molar-refractivity contribution is 0.475. The number of phenolic OH excluding ortho intramolecular Hbond substituents is 1. The van der Waals surface area contributed by atoms with Gasteiger partial charge in [-0.25, -0.2) is 18.1 Å². The quantitative estimate of drug-likeness (QED) is 0.860. The van der Waals surface area contributed by atoms with E-state index in [1.54, 1.807) is 42.8 Å². The topological polar surface area (TPSA) is 84.2 Å². The summed E-state index contributed by atoms with van der Waals surface area (Å²) in [5, 5.41) is 9.20. The van der Waals surface area contributed by atoms with Crippen molar-refractivity contribution in [3.63, 3.8) is 0 Å². The van der Waals surface area contributed by atoms with Gasteiger partial charge in [-0.1, -0.05) is 12.1 Å². The Labute approximate surface area is 118 Å². The van der Waals surface area contributed by atoms with Crippen molar-refractivity contribution < 1.29 is 13.5 Å². The molecule has 6 nitrogen and oxygen atoms in total. The Morgan fingerprint density at radius 3 is 2.50 bits per heavy atom. The average molecular weight is 295 g/mol. The lowest BCUT2D eigenvalue weighted by atomic mass is 10.1. The number of imidazole rings is 1. The summed E-state index contributed by atoms with van der Waals surface area (Å²) < 4.78 is 28.2. The van der Waals surface area contributed by atoms with Gasteiger partial charge >= 0.3 is 0 Å². The number of nitrogens with zero attached hydrogens (tertiary/aromatic N) is 2. The fourth-order valence-corrected chi connectivity index (χ4v) is 2.79. The second-order valence-electron chi connectivity index (χ2n) is 4.55. The van der Waals surface area contributed by atoms with Gasteiger partial charge in [-0.2, -0.15) is 0 Å². The van der Waals surface area contributed by atoms with Gasteiger partial charge < -0.3 is 9.67 Å². The monoisotopic (exact) mass is 295 g/mol. The Bertz CT molecular complexity index is 671. The molecule has 0 fully saturated rings. The van der Waals surface area contributed by atoms with Crippen LogP contribution in [0.1, 0.15) is 11.4 Å². The first-order valence-electron chi connectivity index (χ1n) is 6.16. The lowest BCUT2D eigenvalue weighted by Gasteiger charge is -2.04. The maximum atomic E-state index is 12.0. The maximum absolute atomic E-state index is 12.0. The Hall–Kier alpha value is -1.86. The third-order valence-corrected chi connectivity index (χ3v) is 4.34. The maximum Gasteiger partial charge on any atom is 0.259 e. The van der Waals surface area contributed by atoms with Crippen molar-refractivity contribution in [1.82, 2.24) is 14.3 Å². The minimum absolute atomic E-state index is 0.0307. The lowest BCUT2D eigenvalue weighted by Crippen LogP contribution is -2.26. The molecule has 0 aliphatic rings. The third kappa shape index (κ3) is 3.37. The van der Waals surface area contributed by atoms with Crippen molar-refractivity contribution in [2.75, 3.05) is 6.54 Å². The Morgan fingerprint density at radius 2 is 1.95 bits per heavy atom. The van der Waals surface area contributed by atoms with Crippen molar-refractivity contribution >= 4 is 10.0 Å². The Balaban J connectivity index is 1.97. The predicted molar refractivity (Wildman–Crippen MR) is 74.9 cm³/mol. The molecule has 2 N–H and O–H groups in total. The van der Waals surface area contributed by atoms with E-state index in [4.69, 9.17) is 5.11 Å². The molecule has 0 aliphatic carbocycles. The van der Waals surface area contributed by atoms with Crippen LogP contribution in [-0.2, 0) is 23.5 Å². The van der Waals surface area contributed by atoms with Crippen molar-refractivity contribution in [1.29, 1.82) is 0 Å². The van der Waals surface area contributed by atoms with E-state index in [-0.39, 0.29) is 17.3 Å². The first kappa shape index (κ1) is 14.5. The fourth-order valence-electron chi connectivity index (χ4n) is 1.72. The summed E-state index contributed by atoms with van der Waals surface area (Å²) in [6, 6.07) is 6.67. The van der Waals surface area contributed by atoms with Gasteiger partial charge in [0.25, 0.3) is 10.0 Å². The number of aromatic nitrogens is 2. The van der Waals surface area contributed by atoms with Crippen LogP contribution in [-0.4, -0.2) is 29.6 Å². The molecule has 0 bridgehead atoms. The molecule has 2 rings (SSSR count). The number of hydrogen-bond donors (Lipinski definition) is 2. The molecule has 0 atom stereocenters. The van der Waals surface area contributed by atoms with Crippen molar-refractivity contribution in [2.45, 2.75) is 18.4 Å². The van der Waals surface area contributed by atoms with Gasteiger partial charge in [-0.3, -0.25) is 0 Å². The third-order valence-electron chi connectivity index (χ3n) is 3.00. The SMILES string of the molecule is Cc1nc(S(=O)(=O)NCCc2ccc(O)cc2)cn1C. The number of benzene rings is 1. The Kier molecular flexibility index (Phi) is 4.10. The summed E-state index contributed by atoms with van der Waals surface area (Å²) in [6.45, 7) is 2.03. The predicted octanol–water partition coefficient (Wildman–Crippen LogP) is 0.955. The van der Waals surface area contributed by atoms with Crippen molar-refractivity contribution in [2.24, 2.45) is 7.05 Å². The second-order valence-corrected chi connectivity index (χ2v) is 6.27. The second kappa shape index (κ2) is 5.64. The molecular weight excluding hydrogens is 278 g/mol. The Morgan fingerprint density at radius 1 is 1.30 bits per heavy atom. The van der Waals surface area contributed by atoms with Crippen LogP contribution in [0.2, 0.25) is 0 Å². The van der Waals surface area contributed by atoms with E-state index < -0.39 is 10.0 Å². The standard InChI is InChI=1S/C13H17N3O3S/c1-10-15-13(9-16(10)2)20(18,19)14-8-7-11-3-5-12(17)6-4-11/h3-6,9,14,17H,7-8H2,1-2H3. The van der Waals surface area contributed by atoms with Crippen LogP contribution < -0.4 is 4.72 Å². The molecule has 0 saturated carbocycles. The highest BCUT2D eigenvalue weighted by Gasteiger charge is 2.17.